The predicted molar refractivity (Wildman–Crippen MR) is 38.4 cm³/mol. The molecule has 7 nitrogen and oxygen atoms in total. The Balaban J connectivity index is -0.0000000454. The van der Waals surface area contributed by atoms with Crippen molar-refractivity contribution in [1.82, 2.24) is 4.90 Å². The number of rotatable bonds is 2. The molecule has 0 radical (unpaired) electrons. The molecule has 0 saturated carbocycles. The van der Waals surface area contributed by atoms with E-state index in [0.717, 1.165) is 0 Å². The normalized spacial score (nSPS) is 10.7. The molecule has 1 atom stereocenters. The van der Waals surface area contributed by atoms with Crippen molar-refractivity contribution in [2.75, 3.05) is 14.1 Å². The van der Waals surface area contributed by atoms with Gasteiger partial charge in [-0.3, -0.25) is 9.69 Å². The Morgan fingerprint density at radius 2 is 1.38 bits per heavy atom. The van der Waals surface area contributed by atoms with E-state index >= 15 is 0 Å². The predicted octanol–water partition coefficient (Wildman–Crippen LogP) is -11.8. The molecule has 0 aromatic carbocycles. The smallest absolute Gasteiger partial charge is 0.822 e. The summed E-state index contributed by atoms with van der Waals surface area (Å²) >= 11 is 0. The number of hydrogen-bond donors (Lipinski definition) is 1. The van der Waals surface area contributed by atoms with Gasteiger partial charge in [-0.05, 0) is 21.0 Å². The third-order valence-electron chi connectivity index (χ3n) is 1.13. The molecule has 0 aliphatic heterocycles. The standard InChI is InChI=1S/C5H11NO2.3Li.H3O4P/c1-4(5(7)8)6(2)3;;;;1-5(2,3)4/h4H,1-3H3,(H,7,8);;;;(H3,1,2,3,4)/q;3*+1;/p-3. The average molecular weight is 233 g/mol. The van der Waals surface area contributed by atoms with Gasteiger partial charge in [0, 0.05) is 0 Å². The van der Waals surface area contributed by atoms with E-state index in [-0.39, 0.29) is 62.6 Å². The Morgan fingerprint density at radius 3 is 1.38 bits per heavy atom. The Hall–Kier alpha value is 1.33. The number of carboxylic acid groups (broad SMARTS) is 1. The second-order valence-corrected chi connectivity index (χ2v) is 3.32. The zero-order valence-electron chi connectivity index (χ0n) is 10.5. The average Bonchev–Trinajstić information content (AvgIpc) is 1.81. The molecular weight excluding hydrogens is 222 g/mol. The van der Waals surface area contributed by atoms with Gasteiger partial charge in [-0.1, -0.05) is 0 Å². The van der Waals surface area contributed by atoms with Crippen LogP contribution < -0.4 is 71.3 Å². The first kappa shape index (κ1) is 30.4. The van der Waals surface area contributed by atoms with Gasteiger partial charge in [0.25, 0.3) is 0 Å². The van der Waals surface area contributed by atoms with Crippen molar-refractivity contribution in [2.24, 2.45) is 0 Å². The van der Waals surface area contributed by atoms with E-state index in [2.05, 4.69) is 0 Å². The minimum atomic E-state index is -5.39. The van der Waals surface area contributed by atoms with Gasteiger partial charge in [-0.2, -0.15) is 7.82 Å². The van der Waals surface area contributed by atoms with Crippen LogP contribution in [0.2, 0.25) is 0 Å². The van der Waals surface area contributed by atoms with Crippen molar-refractivity contribution in [3.63, 3.8) is 0 Å². The molecule has 0 rings (SSSR count). The van der Waals surface area contributed by atoms with Crippen molar-refractivity contribution in [2.45, 2.75) is 13.0 Å². The number of phosphoric acid groups is 1. The van der Waals surface area contributed by atoms with Crippen LogP contribution >= 0.6 is 7.82 Å². The van der Waals surface area contributed by atoms with Gasteiger partial charge in [0.15, 0.2) is 0 Å². The van der Waals surface area contributed by atoms with Crippen LogP contribution in [0.1, 0.15) is 6.92 Å². The molecule has 0 amide bonds. The second kappa shape index (κ2) is 14.4. The summed E-state index contributed by atoms with van der Waals surface area (Å²) in [5.41, 5.74) is 0. The fraction of sp³-hybridized carbons (Fsp3) is 0.800. The van der Waals surface area contributed by atoms with Crippen LogP contribution in [0.4, 0.5) is 0 Å². The van der Waals surface area contributed by atoms with Crippen LogP contribution in [0.5, 0.6) is 0 Å². The third-order valence-corrected chi connectivity index (χ3v) is 1.13. The zero-order valence-corrected chi connectivity index (χ0v) is 11.4. The molecule has 0 heterocycles. The van der Waals surface area contributed by atoms with Gasteiger partial charge in [0.05, 0.1) is 0 Å². The summed E-state index contributed by atoms with van der Waals surface area (Å²) in [7, 11) is -1.92. The minimum Gasteiger partial charge on any atom is -0.822 e. The van der Waals surface area contributed by atoms with Gasteiger partial charge in [0.2, 0.25) is 0 Å². The number of hydrogen-bond acceptors (Lipinski definition) is 6. The molecule has 16 heavy (non-hydrogen) atoms. The van der Waals surface area contributed by atoms with E-state index in [0.29, 0.717) is 0 Å². The van der Waals surface area contributed by atoms with Crippen LogP contribution in [0, 0.1) is 0 Å². The quantitative estimate of drug-likeness (QED) is 0.370. The fourth-order valence-corrected chi connectivity index (χ4v) is 0.221. The maximum Gasteiger partial charge on any atom is 1.00 e. The largest absolute Gasteiger partial charge is 1.00 e. The molecule has 0 saturated heterocycles. The Bertz CT molecular complexity index is 202. The third kappa shape index (κ3) is 36.2. The minimum absolute atomic E-state index is 0. The second-order valence-electron chi connectivity index (χ2n) is 2.43. The van der Waals surface area contributed by atoms with Crippen LogP contribution in [0.15, 0.2) is 0 Å². The van der Waals surface area contributed by atoms with Crippen LogP contribution in [-0.4, -0.2) is 36.1 Å². The van der Waals surface area contributed by atoms with E-state index in [9.17, 15) is 4.79 Å². The monoisotopic (exact) mass is 233 g/mol. The summed E-state index contributed by atoms with van der Waals surface area (Å²) in [5.74, 6) is -0.782. The first-order valence-electron chi connectivity index (χ1n) is 3.18. The Kier molecular flexibility index (Phi) is 27.3. The van der Waals surface area contributed by atoms with Crippen molar-refractivity contribution in [1.29, 1.82) is 0 Å². The van der Waals surface area contributed by atoms with Crippen molar-refractivity contribution >= 4 is 13.8 Å². The first-order chi connectivity index (χ1) is 5.55. The fourth-order valence-electron chi connectivity index (χ4n) is 0.221. The van der Waals surface area contributed by atoms with Gasteiger partial charge < -0.3 is 24.4 Å². The first-order valence-corrected chi connectivity index (χ1v) is 4.64. The Labute approximate surface area is 131 Å². The number of likely N-dealkylation sites (N-methyl/N-ethyl adjacent to an activating group) is 1. The molecule has 1 unspecified atom stereocenters. The molecule has 1 N–H and O–H groups in total. The molecule has 0 aliphatic carbocycles. The van der Waals surface area contributed by atoms with E-state index < -0.39 is 13.8 Å². The molecule has 0 bridgehead atoms. The van der Waals surface area contributed by atoms with E-state index in [4.69, 9.17) is 24.4 Å². The molecule has 0 aromatic rings. The summed E-state index contributed by atoms with van der Waals surface area (Å²) in [6, 6.07) is -0.380. The number of aliphatic carboxylic acids is 1. The van der Waals surface area contributed by atoms with Gasteiger partial charge in [0.1, 0.15) is 6.04 Å². The van der Waals surface area contributed by atoms with E-state index in [1.807, 2.05) is 0 Å². The van der Waals surface area contributed by atoms with Crippen molar-refractivity contribution < 1.29 is 85.7 Å². The number of nitrogens with zero attached hydrogens (tertiary/aromatic N) is 1. The zero-order chi connectivity index (χ0) is 11.2. The summed E-state index contributed by atoms with van der Waals surface area (Å²) in [4.78, 5) is 37.4. The van der Waals surface area contributed by atoms with E-state index in [1.165, 1.54) is 0 Å². The SMILES string of the molecule is CC(C(=O)O)N(C)C.O=P([O-])([O-])[O-].[Li+].[Li+].[Li+]. The summed E-state index contributed by atoms with van der Waals surface area (Å²) in [6.45, 7) is 1.64. The van der Waals surface area contributed by atoms with Gasteiger partial charge in [-0.25, -0.2) is 0 Å². The molecule has 0 fully saturated rings. The van der Waals surface area contributed by atoms with Gasteiger partial charge >= 0.3 is 62.6 Å². The maximum atomic E-state index is 10.1. The number of carbonyl (C=O) groups is 1. The molecule has 0 aromatic heterocycles. The molecule has 11 heteroatoms. The topological polar surface area (TPSA) is 127 Å². The van der Waals surface area contributed by atoms with Crippen LogP contribution in [0.3, 0.4) is 0 Å². The van der Waals surface area contributed by atoms with Crippen molar-refractivity contribution in [3.05, 3.63) is 0 Å². The van der Waals surface area contributed by atoms with E-state index in [1.54, 1.807) is 25.9 Å². The Morgan fingerprint density at radius 1 is 1.19 bits per heavy atom. The number of carboxylic acids is 1. The van der Waals surface area contributed by atoms with Crippen LogP contribution in [0.25, 0.3) is 0 Å². The molecule has 80 valence electrons. The molecule has 0 aliphatic rings. The molecular formula is C5H11Li3NO6P. The summed E-state index contributed by atoms with van der Waals surface area (Å²) < 4.78 is 8.55. The summed E-state index contributed by atoms with van der Waals surface area (Å²) in [5, 5.41) is 8.31. The molecule has 0 spiro atoms. The van der Waals surface area contributed by atoms with Crippen LogP contribution in [-0.2, 0) is 9.36 Å². The summed E-state index contributed by atoms with van der Waals surface area (Å²) in [6.07, 6.45) is 0. The van der Waals surface area contributed by atoms with Gasteiger partial charge in [-0.15, -0.1) is 0 Å². The maximum absolute atomic E-state index is 10.1. The van der Waals surface area contributed by atoms with Crippen molar-refractivity contribution in [3.8, 4) is 0 Å².